The van der Waals surface area contributed by atoms with Gasteiger partial charge in [0.1, 0.15) is 0 Å². The third-order valence-corrected chi connectivity index (χ3v) is 1.33. The van der Waals surface area contributed by atoms with Crippen molar-refractivity contribution in [2.45, 2.75) is 6.04 Å². The number of aryl methyl sites for hydroxylation is 1. The fourth-order valence-electron chi connectivity index (χ4n) is 0.727. The van der Waals surface area contributed by atoms with Gasteiger partial charge in [0.15, 0.2) is 0 Å². The molecule has 3 N–H and O–H groups in total. The molecule has 1 heterocycles. The summed E-state index contributed by atoms with van der Waals surface area (Å²) in [7, 11) is 1.73. The maximum atomic E-state index is 8.64. The van der Waals surface area contributed by atoms with E-state index in [1.54, 1.807) is 17.9 Å². The zero-order valence-corrected chi connectivity index (χ0v) is 5.73. The quantitative estimate of drug-likeness (QED) is 0.544. The molecule has 0 aliphatic carbocycles. The van der Waals surface area contributed by atoms with Crippen molar-refractivity contribution in [2.75, 3.05) is 6.61 Å². The van der Waals surface area contributed by atoms with Gasteiger partial charge in [-0.05, 0) is 0 Å². The SMILES string of the molecule is Cn1nncc1C(N)CO. The van der Waals surface area contributed by atoms with E-state index in [2.05, 4.69) is 10.3 Å². The summed E-state index contributed by atoms with van der Waals surface area (Å²) in [6.07, 6.45) is 1.54. The van der Waals surface area contributed by atoms with Crippen molar-refractivity contribution >= 4 is 0 Å². The third-order valence-electron chi connectivity index (χ3n) is 1.33. The summed E-state index contributed by atoms with van der Waals surface area (Å²) in [5.74, 6) is 0. The molecule has 5 heteroatoms. The minimum absolute atomic E-state index is 0.0821. The standard InChI is InChI=1S/C5H10N4O/c1-9-5(2-7-8-9)4(6)3-10/h2,4,10H,3,6H2,1H3. The summed E-state index contributed by atoms with van der Waals surface area (Å²) in [5, 5.41) is 15.9. The van der Waals surface area contributed by atoms with Gasteiger partial charge in [-0.2, -0.15) is 0 Å². The molecule has 5 nitrogen and oxygen atoms in total. The Morgan fingerprint density at radius 1 is 1.90 bits per heavy atom. The second-order valence-electron chi connectivity index (χ2n) is 2.07. The highest BCUT2D eigenvalue weighted by atomic mass is 16.3. The van der Waals surface area contributed by atoms with Crippen LogP contribution in [0.25, 0.3) is 0 Å². The van der Waals surface area contributed by atoms with Crippen molar-refractivity contribution in [3.05, 3.63) is 11.9 Å². The van der Waals surface area contributed by atoms with Crippen LogP contribution in [-0.2, 0) is 7.05 Å². The number of hydrogen-bond acceptors (Lipinski definition) is 4. The van der Waals surface area contributed by atoms with Gasteiger partial charge in [-0.3, -0.25) is 4.68 Å². The van der Waals surface area contributed by atoms with Crippen LogP contribution in [0.5, 0.6) is 0 Å². The maximum Gasteiger partial charge on any atom is 0.0774 e. The van der Waals surface area contributed by atoms with Crippen LogP contribution in [0.2, 0.25) is 0 Å². The van der Waals surface area contributed by atoms with Crippen LogP contribution in [0.15, 0.2) is 6.20 Å². The van der Waals surface area contributed by atoms with Gasteiger partial charge in [0.25, 0.3) is 0 Å². The van der Waals surface area contributed by atoms with Crippen molar-refractivity contribution in [3.8, 4) is 0 Å². The molecule has 1 aromatic rings. The summed E-state index contributed by atoms with van der Waals surface area (Å²) in [4.78, 5) is 0. The molecular formula is C5H10N4O. The zero-order valence-electron chi connectivity index (χ0n) is 5.73. The lowest BCUT2D eigenvalue weighted by Crippen LogP contribution is -2.17. The first-order valence-electron chi connectivity index (χ1n) is 2.96. The minimum atomic E-state index is -0.375. The summed E-state index contributed by atoms with van der Waals surface area (Å²) >= 11 is 0. The predicted molar refractivity (Wildman–Crippen MR) is 35.0 cm³/mol. The number of nitrogens with zero attached hydrogens (tertiary/aromatic N) is 3. The Morgan fingerprint density at radius 3 is 3.00 bits per heavy atom. The van der Waals surface area contributed by atoms with Crippen LogP contribution in [0, 0.1) is 0 Å². The Bertz CT molecular complexity index is 209. The second kappa shape index (κ2) is 2.76. The van der Waals surface area contributed by atoms with E-state index in [-0.39, 0.29) is 12.6 Å². The van der Waals surface area contributed by atoms with E-state index < -0.39 is 0 Å². The lowest BCUT2D eigenvalue weighted by molar-refractivity contribution is 0.263. The molecule has 0 saturated heterocycles. The van der Waals surface area contributed by atoms with Crippen molar-refractivity contribution in [2.24, 2.45) is 12.8 Å². The summed E-state index contributed by atoms with van der Waals surface area (Å²) in [5.41, 5.74) is 6.23. The Labute approximate surface area is 58.5 Å². The fourth-order valence-corrected chi connectivity index (χ4v) is 0.727. The molecule has 0 fully saturated rings. The lowest BCUT2D eigenvalue weighted by Gasteiger charge is -2.05. The second-order valence-corrected chi connectivity index (χ2v) is 2.07. The van der Waals surface area contributed by atoms with Crippen molar-refractivity contribution in [3.63, 3.8) is 0 Å². The van der Waals surface area contributed by atoms with Gasteiger partial charge in [-0.1, -0.05) is 5.21 Å². The van der Waals surface area contributed by atoms with Gasteiger partial charge in [-0.15, -0.1) is 5.10 Å². The van der Waals surface area contributed by atoms with Gasteiger partial charge in [0, 0.05) is 7.05 Å². The fraction of sp³-hybridized carbons (Fsp3) is 0.600. The lowest BCUT2D eigenvalue weighted by atomic mass is 10.2. The van der Waals surface area contributed by atoms with E-state index in [0.29, 0.717) is 0 Å². The molecule has 0 radical (unpaired) electrons. The normalized spacial score (nSPS) is 13.5. The van der Waals surface area contributed by atoms with Gasteiger partial charge in [0.2, 0.25) is 0 Å². The van der Waals surface area contributed by atoms with Crippen LogP contribution >= 0.6 is 0 Å². The number of hydrogen-bond donors (Lipinski definition) is 2. The molecule has 1 unspecified atom stereocenters. The predicted octanol–water partition coefficient (Wildman–Crippen LogP) is -1.19. The first-order valence-corrected chi connectivity index (χ1v) is 2.96. The molecule has 0 bridgehead atoms. The molecule has 56 valence electrons. The van der Waals surface area contributed by atoms with Gasteiger partial charge < -0.3 is 10.8 Å². The largest absolute Gasteiger partial charge is 0.394 e. The van der Waals surface area contributed by atoms with Gasteiger partial charge in [-0.25, -0.2) is 0 Å². The van der Waals surface area contributed by atoms with Gasteiger partial charge >= 0.3 is 0 Å². The average Bonchev–Trinajstić information content (AvgIpc) is 2.34. The Hall–Kier alpha value is -0.940. The zero-order chi connectivity index (χ0) is 7.56. The number of aliphatic hydroxyl groups excluding tert-OH is 1. The topological polar surface area (TPSA) is 77.0 Å². The Morgan fingerprint density at radius 2 is 2.60 bits per heavy atom. The third kappa shape index (κ3) is 1.14. The molecule has 0 aliphatic rings. The van der Waals surface area contributed by atoms with Crippen molar-refractivity contribution < 1.29 is 5.11 Å². The highest BCUT2D eigenvalue weighted by Crippen LogP contribution is 2.03. The Kier molecular flexibility index (Phi) is 1.98. The highest BCUT2D eigenvalue weighted by molar-refractivity contribution is 4.99. The van der Waals surface area contributed by atoms with Crippen molar-refractivity contribution in [1.29, 1.82) is 0 Å². The molecular weight excluding hydrogens is 132 g/mol. The minimum Gasteiger partial charge on any atom is -0.394 e. The smallest absolute Gasteiger partial charge is 0.0774 e. The summed E-state index contributed by atoms with van der Waals surface area (Å²) in [6.45, 7) is -0.0821. The van der Waals surface area contributed by atoms with Crippen molar-refractivity contribution in [1.82, 2.24) is 15.0 Å². The van der Waals surface area contributed by atoms with E-state index in [0.717, 1.165) is 5.69 Å². The number of rotatable bonds is 2. The molecule has 1 aromatic heterocycles. The van der Waals surface area contributed by atoms with E-state index in [1.165, 1.54) is 0 Å². The number of aliphatic hydroxyl groups is 1. The molecule has 0 amide bonds. The van der Waals surface area contributed by atoms with Gasteiger partial charge in [0.05, 0.1) is 24.5 Å². The summed E-state index contributed by atoms with van der Waals surface area (Å²) < 4.78 is 1.54. The van der Waals surface area contributed by atoms with Crippen LogP contribution in [0.4, 0.5) is 0 Å². The Balaban J connectivity index is 2.82. The number of aromatic nitrogens is 3. The van der Waals surface area contributed by atoms with Crippen LogP contribution < -0.4 is 5.73 Å². The van der Waals surface area contributed by atoms with E-state index in [1.807, 2.05) is 0 Å². The first-order chi connectivity index (χ1) is 4.75. The molecule has 10 heavy (non-hydrogen) atoms. The maximum absolute atomic E-state index is 8.64. The monoisotopic (exact) mass is 142 g/mol. The molecule has 1 rings (SSSR count). The molecule has 0 aromatic carbocycles. The first kappa shape index (κ1) is 7.17. The number of nitrogens with two attached hydrogens (primary N) is 1. The molecule has 1 atom stereocenters. The average molecular weight is 142 g/mol. The van der Waals surface area contributed by atoms with Crippen LogP contribution in [-0.4, -0.2) is 26.7 Å². The highest BCUT2D eigenvalue weighted by Gasteiger charge is 2.07. The summed E-state index contributed by atoms with van der Waals surface area (Å²) in [6, 6.07) is -0.375. The van der Waals surface area contributed by atoms with Crippen LogP contribution in [0.3, 0.4) is 0 Å². The van der Waals surface area contributed by atoms with E-state index in [9.17, 15) is 0 Å². The molecule has 0 aliphatic heterocycles. The molecule has 0 spiro atoms. The molecule has 0 saturated carbocycles. The van der Waals surface area contributed by atoms with Crippen LogP contribution in [0.1, 0.15) is 11.7 Å². The van der Waals surface area contributed by atoms with E-state index in [4.69, 9.17) is 10.8 Å². The van der Waals surface area contributed by atoms with E-state index >= 15 is 0 Å².